The number of nitro groups is 6. The minimum absolute atomic E-state index is 0. The fraction of sp³-hybridized carbons (Fsp3) is 0.600. The van der Waals surface area contributed by atoms with Crippen LogP contribution in [0.5, 0.6) is 0 Å². The monoisotopic (exact) mass is 1380 g/mol. The Balaban J connectivity index is 0.000000155. The average Bonchev–Trinajstić information content (AvgIpc) is 3.95. The number of piperidine rings is 3. The molecule has 12 fully saturated rings. The van der Waals surface area contributed by atoms with E-state index in [4.69, 9.17) is 0 Å². The molecule has 0 radical (unpaired) electrons. The lowest BCUT2D eigenvalue weighted by molar-refractivity contribution is -0.957. The molecular weight excluding hydrogens is 1340 g/mol. The maximum absolute atomic E-state index is 11.8. The second kappa shape index (κ2) is 19.1. The van der Waals surface area contributed by atoms with Crippen molar-refractivity contribution in [2.45, 2.75) is 124 Å². The van der Waals surface area contributed by atoms with Crippen LogP contribution in [0.4, 0.5) is 0 Å². The molecule has 3 aliphatic carbocycles. The van der Waals surface area contributed by atoms with Gasteiger partial charge in [0.15, 0.2) is 39.3 Å². The highest BCUT2D eigenvalue weighted by Crippen LogP contribution is 2.63. The number of nitrogens with zero attached hydrogens (tertiary/aromatic N) is 9. The standard InChI is InChI=1S/3C15H17BrN3O4.3BrH/c3*16-13-12-6-14(17(20)21)8-15(13,18(22)23)10-19(12,9-14)7-11-4-2-1-3-5-11;;;/h3*1-5,12-13H,6-10H2;3*1H/q3*+1;;;/p-3. The number of hydrogen-bond donors (Lipinski definition) is 0. The molecule has 3 aromatic carbocycles. The molecule has 9 aliphatic heterocycles. The Morgan fingerprint density at radius 3 is 0.806 bits per heavy atom. The van der Waals surface area contributed by atoms with Crippen LogP contribution >= 0.6 is 47.8 Å². The van der Waals surface area contributed by atoms with E-state index in [1.54, 1.807) is 0 Å². The Morgan fingerprint density at radius 2 is 0.611 bits per heavy atom. The smallest absolute Gasteiger partial charge is 0.294 e. The van der Waals surface area contributed by atoms with E-state index in [9.17, 15) is 60.7 Å². The Hall–Kier alpha value is -3.18. The first-order valence-electron chi connectivity index (χ1n) is 23.0. The summed E-state index contributed by atoms with van der Waals surface area (Å²) in [5, 5.41) is 70.6. The van der Waals surface area contributed by atoms with Gasteiger partial charge in [-0.1, -0.05) is 139 Å². The van der Waals surface area contributed by atoms with Crippen LogP contribution in [-0.4, -0.2) is 148 Å². The predicted molar refractivity (Wildman–Crippen MR) is 256 cm³/mol. The van der Waals surface area contributed by atoms with E-state index < -0.39 is 33.2 Å². The zero-order valence-electron chi connectivity index (χ0n) is 38.4. The molecule has 9 saturated heterocycles. The first kappa shape index (κ1) is 56.5. The van der Waals surface area contributed by atoms with Crippen molar-refractivity contribution in [2.75, 3.05) is 39.3 Å². The van der Waals surface area contributed by atoms with Gasteiger partial charge >= 0.3 is 0 Å². The van der Waals surface area contributed by atoms with E-state index in [2.05, 4.69) is 47.8 Å². The van der Waals surface area contributed by atoms with E-state index in [0.29, 0.717) is 91.6 Å². The number of quaternary nitrogens is 3. The van der Waals surface area contributed by atoms with Crippen molar-refractivity contribution in [3.63, 3.8) is 0 Å². The molecule has 15 atom stereocenters. The summed E-state index contributed by atoms with van der Waals surface area (Å²) in [5.41, 5.74) is -3.85. The third-order valence-electron chi connectivity index (χ3n) is 18.2. The van der Waals surface area contributed by atoms with E-state index in [-0.39, 0.29) is 132 Å². The Kier molecular flexibility index (Phi) is 15.0. The van der Waals surface area contributed by atoms with E-state index >= 15 is 0 Å². The van der Waals surface area contributed by atoms with Gasteiger partial charge in [0, 0.05) is 46.2 Å². The Morgan fingerprint density at radius 1 is 0.389 bits per heavy atom. The summed E-state index contributed by atoms with van der Waals surface area (Å²) in [7, 11) is 0. The fourth-order valence-corrected chi connectivity index (χ4v) is 19.5. The summed E-state index contributed by atoms with van der Waals surface area (Å²) in [4.78, 5) is 68.2. The first-order valence-corrected chi connectivity index (χ1v) is 25.7. The average molecular weight is 1390 g/mol. The predicted octanol–water partition coefficient (Wildman–Crippen LogP) is -3.03. The fourth-order valence-electron chi connectivity index (χ4n) is 16.0. The van der Waals surface area contributed by atoms with Crippen molar-refractivity contribution in [3.05, 3.63) is 168 Å². The molecule has 0 amide bonds. The van der Waals surface area contributed by atoms with Crippen molar-refractivity contribution >= 4 is 47.8 Å². The molecule has 72 heavy (non-hydrogen) atoms. The van der Waals surface area contributed by atoms with Crippen LogP contribution in [0.15, 0.2) is 91.0 Å². The van der Waals surface area contributed by atoms with Crippen molar-refractivity contribution < 1.29 is 93.9 Å². The molecule has 0 N–H and O–H groups in total. The maximum Gasteiger partial charge on any atom is 0.294 e. The molecule has 15 unspecified atom stereocenters. The van der Waals surface area contributed by atoms with E-state index in [0.717, 1.165) is 16.7 Å². The maximum atomic E-state index is 11.8. The minimum atomic E-state index is -1.22. The molecule has 3 saturated carbocycles. The molecule has 0 aromatic heterocycles. The van der Waals surface area contributed by atoms with Crippen molar-refractivity contribution in [1.29, 1.82) is 0 Å². The van der Waals surface area contributed by atoms with Crippen molar-refractivity contribution in [2.24, 2.45) is 0 Å². The molecule has 12 aliphatic rings. The number of alkyl halides is 3. The lowest BCUT2D eigenvalue weighted by Gasteiger charge is -2.38. The van der Waals surface area contributed by atoms with Crippen LogP contribution in [0.3, 0.4) is 0 Å². The molecule has 390 valence electrons. The van der Waals surface area contributed by atoms with Crippen LogP contribution in [0.1, 0.15) is 55.2 Å². The van der Waals surface area contributed by atoms with Crippen LogP contribution < -0.4 is 50.9 Å². The minimum Gasteiger partial charge on any atom is -1.00 e. The number of rotatable bonds is 12. The highest BCUT2D eigenvalue weighted by Gasteiger charge is 2.88. The van der Waals surface area contributed by atoms with Crippen LogP contribution in [0.2, 0.25) is 0 Å². The first-order chi connectivity index (χ1) is 32.5. The molecular formula is C45H51Br6N9O12. The second-order valence-corrected chi connectivity index (χ2v) is 25.1. The molecule has 3 aromatic rings. The van der Waals surface area contributed by atoms with E-state index in [1.807, 2.05) is 91.0 Å². The summed E-state index contributed by atoms with van der Waals surface area (Å²) in [6.07, 6.45) is 1.42. The van der Waals surface area contributed by atoms with Crippen LogP contribution in [-0.2, 0) is 19.6 Å². The topological polar surface area (TPSA) is 259 Å². The third-order valence-corrected chi connectivity index (χ3v) is 22.6. The molecule has 27 heteroatoms. The largest absolute Gasteiger partial charge is 1.00 e. The van der Waals surface area contributed by atoms with Gasteiger partial charge in [-0.25, -0.2) is 0 Å². The zero-order valence-corrected chi connectivity index (χ0v) is 47.9. The highest BCUT2D eigenvalue weighted by atomic mass is 79.9. The number of halogens is 6. The van der Waals surface area contributed by atoms with Crippen molar-refractivity contribution in [1.82, 2.24) is 0 Å². The van der Waals surface area contributed by atoms with Crippen LogP contribution in [0, 0.1) is 60.7 Å². The number of benzene rings is 3. The van der Waals surface area contributed by atoms with Gasteiger partial charge in [-0.3, -0.25) is 60.7 Å². The van der Waals surface area contributed by atoms with Gasteiger partial charge in [-0.05, 0) is 0 Å². The normalized spacial score (nSPS) is 41.9. The van der Waals surface area contributed by atoms with Crippen molar-refractivity contribution in [3.8, 4) is 0 Å². The van der Waals surface area contributed by atoms with Gasteiger partial charge in [0.25, 0.3) is 33.2 Å². The molecule has 0 spiro atoms. The quantitative estimate of drug-likeness (QED) is 0.0760. The summed E-state index contributed by atoms with van der Waals surface area (Å²) in [6.45, 7) is 4.21. The van der Waals surface area contributed by atoms with E-state index in [1.165, 1.54) is 0 Å². The summed E-state index contributed by atoms with van der Waals surface area (Å²) in [6, 6.07) is 29.2. The van der Waals surface area contributed by atoms with Gasteiger partial charge in [0.05, 0.1) is 19.3 Å². The zero-order chi connectivity index (χ0) is 49.4. The summed E-state index contributed by atoms with van der Waals surface area (Å²) >= 11 is 10.6. The summed E-state index contributed by atoms with van der Waals surface area (Å²) in [5.74, 6) is 0. The SMILES string of the molecule is O=[N+]([O-])C12CC3C(Br)C([N+](=O)[O-])(C1)C[N+]3(Cc1ccccc1)C2.O=[N+]([O-])C12CC3C(Br)C([N+](=O)[O-])(C1)C[N+]3(Cc1ccccc1)C2.O=[N+]([O-])C12CC3C(Br)C([N+](=O)[O-])(C1)C[N+]3(Cc1ccccc1)C2.[Br-].[Br-].[Br-]. The van der Waals surface area contributed by atoms with Gasteiger partial charge in [0.1, 0.15) is 71.5 Å². The van der Waals surface area contributed by atoms with Gasteiger partial charge in [-0.2, -0.15) is 0 Å². The third kappa shape index (κ3) is 8.12. The Bertz CT molecular complexity index is 2400. The van der Waals surface area contributed by atoms with Gasteiger partial charge in [0.2, 0.25) is 0 Å². The van der Waals surface area contributed by atoms with Gasteiger partial charge < -0.3 is 64.4 Å². The van der Waals surface area contributed by atoms with Crippen LogP contribution in [0.25, 0.3) is 0 Å². The summed E-state index contributed by atoms with van der Waals surface area (Å²) < 4.78 is 1.38. The second-order valence-electron chi connectivity index (χ2n) is 22.1. The highest BCUT2D eigenvalue weighted by molar-refractivity contribution is 9.10. The molecule has 15 rings (SSSR count). The lowest BCUT2D eigenvalue weighted by Crippen LogP contribution is -3.00. The molecule has 21 nitrogen and oxygen atoms in total. The Labute approximate surface area is 469 Å². The van der Waals surface area contributed by atoms with Gasteiger partial charge in [-0.15, -0.1) is 0 Å². The molecule has 9 heterocycles. The lowest BCUT2D eigenvalue weighted by atomic mass is 9.73. The molecule has 12 bridgehead atoms. The number of hydrogen-bond acceptors (Lipinski definition) is 12.